The van der Waals surface area contributed by atoms with Gasteiger partial charge in [0.1, 0.15) is 5.75 Å². The number of ether oxygens (including phenoxy) is 1. The Morgan fingerprint density at radius 3 is 2.69 bits per heavy atom. The van der Waals surface area contributed by atoms with Crippen LogP contribution >= 0.6 is 11.3 Å². The molecule has 5 heteroatoms. The van der Waals surface area contributed by atoms with E-state index in [4.69, 9.17) is 4.74 Å². The molecular formula is C21H22N2O2S. The van der Waals surface area contributed by atoms with Crippen LogP contribution in [0, 0.1) is 0 Å². The van der Waals surface area contributed by atoms with Gasteiger partial charge >= 0.3 is 0 Å². The van der Waals surface area contributed by atoms with Crippen molar-refractivity contribution in [2.45, 2.75) is 31.1 Å². The van der Waals surface area contributed by atoms with Crippen molar-refractivity contribution in [3.63, 3.8) is 0 Å². The van der Waals surface area contributed by atoms with Gasteiger partial charge in [0.05, 0.1) is 22.8 Å². The van der Waals surface area contributed by atoms with Crippen LogP contribution in [-0.4, -0.2) is 24.5 Å². The second-order valence-electron chi connectivity index (χ2n) is 6.93. The first-order chi connectivity index (χ1) is 12.7. The smallest absolute Gasteiger partial charge is 0.251 e. The SMILES string of the molecule is COc1ccc(C2(CNC(=O)c3ccc4ncsc4c3)CCCC2)cc1. The van der Waals surface area contributed by atoms with Crippen molar-refractivity contribution >= 4 is 27.5 Å². The van der Waals surface area contributed by atoms with Gasteiger partial charge in [0.2, 0.25) is 0 Å². The van der Waals surface area contributed by atoms with Gasteiger partial charge in [-0.1, -0.05) is 25.0 Å². The molecule has 1 aliphatic carbocycles. The number of rotatable bonds is 5. The van der Waals surface area contributed by atoms with Crippen molar-refractivity contribution in [3.8, 4) is 5.75 Å². The number of hydrogen-bond acceptors (Lipinski definition) is 4. The van der Waals surface area contributed by atoms with Gasteiger partial charge in [0, 0.05) is 17.5 Å². The second kappa shape index (κ2) is 7.08. The summed E-state index contributed by atoms with van der Waals surface area (Å²) in [5, 5.41) is 3.18. The van der Waals surface area contributed by atoms with E-state index in [1.807, 2.05) is 35.8 Å². The number of carbonyl (C=O) groups is 1. The average molecular weight is 366 g/mol. The minimum atomic E-state index is -0.0138. The van der Waals surface area contributed by atoms with Gasteiger partial charge < -0.3 is 10.1 Å². The number of carbonyl (C=O) groups excluding carboxylic acids is 1. The van der Waals surface area contributed by atoms with Gasteiger partial charge in [-0.05, 0) is 48.7 Å². The lowest BCUT2D eigenvalue weighted by molar-refractivity contribution is 0.0943. The number of aromatic nitrogens is 1. The van der Waals surface area contributed by atoms with Crippen LogP contribution in [-0.2, 0) is 5.41 Å². The summed E-state index contributed by atoms with van der Waals surface area (Å²) in [6, 6.07) is 14.0. The molecule has 1 aliphatic rings. The molecule has 2 aromatic carbocycles. The van der Waals surface area contributed by atoms with Gasteiger partial charge in [-0.2, -0.15) is 0 Å². The van der Waals surface area contributed by atoms with E-state index in [9.17, 15) is 4.79 Å². The van der Waals surface area contributed by atoms with Crippen LogP contribution in [0.15, 0.2) is 48.0 Å². The zero-order chi connectivity index (χ0) is 18.0. The summed E-state index contributed by atoms with van der Waals surface area (Å²) in [4.78, 5) is 17.0. The molecule has 0 bridgehead atoms. The van der Waals surface area contributed by atoms with Gasteiger partial charge in [0.25, 0.3) is 5.91 Å². The van der Waals surface area contributed by atoms with Crippen molar-refractivity contribution in [3.05, 3.63) is 59.1 Å². The highest BCUT2D eigenvalue weighted by Crippen LogP contribution is 2.41. The fourth-order valence-corrected chi connectivity index (χ4v) is 4.63. The maximum absolute atomic E-state index is 12.7. The van der Waals surface area contributed by atoms with E-state index in [1.54, 1.807) is 18.4 Å². The molecule has 1 N–H and O–H groups in total. The van der Waals surface area contributed by atoms with Crippen molar-refractivity contribution in [2.24, 2.45) is 0 Å². The van der Waals surface area contributed by atoms with Gasteiger partial charge in [-0.3, -0.25) is 4.79 Å². The van der Waals surface area contributed by atoms with Gasteiger partial charge in [-0.15, -0.1) is 11.3 Å². The molecular weight excluding hydrogens is 344 g/mol. The third-order valence-electron chi connectivity index (χ3n) is 5.44. The lowest BCUT2D eigenvalue weighted by Crippen LogP contribution is -2.39. The third-order valence-corrected chi connectivity index (χ3v) is 6.24. The highest BCUT2D eigenvalue weighted by Gasteiger charge is 2.36. The van der Waals surface area contributed by atoms with Crippen LogP contribution in [0.2, 0.25) is 0 Å². The fraction of sp³-hybridized carbons (Fsp3) is 0.333. The molecule has 1 fully saturated rings. The first-order valence-corrected chi connectivity index (χ1v) is 9.84. The Bertz CT molecular complexity index is 911. The Morgan fingerprint density at radius 1 is 1.19 bits per heavy atom. The maximum Gasteiger partial charge on any atom is 0.251 e. The Kier molecular flexibility index (Phi) is 4.64. The van der Waals surface area contributed by atoms with E-state index in [1.165, 1.54) is 18.4 Å². The number of benzene rings is 2. The molecule has 0 spiro atoms. The van der Waals surface area contributed by atoms with E-state index in [2.05, 4.69) is 22.4 Å². The van der Waals surface area contributed by atoms with Gasteiger partial charge in [0.15, 0.2) is 0 Å². The Balaban J connectivity index is 1.52. The lowest BCUT2D eigenvalue weighted by atomic mass is 9.78. The zero-order valence-electron chi connectivity index (χ0n) is 14.8. The highest BCUT2D eigenvalue weighted by molar-refractivity contribution is 7.16. The monoisotopic (exact) mass is 366 g/mol. The average Bonchev–Trinajstić information content (AvgIpc) is 3.35. The predicted molar refractivity (Wildman–Crippen MR) is 105 cm³/mol. The molecule has 0 atom stereocenters. The summed E-state index contributed by atoms with van der Waals surface area (Å²) < 4.78 is 6.32. The molecule has 1 heterocycles. The topological polar surface area (TPSA) is 51.2 Å². The van der Waals surface area contributed by atoms with Crippen LogP contribution in [0.5, 0.6) is 5.75 Å². The maximum atomic E-state index is 12.7. The Labute approximate surface area is 157 Å². The number of thiazole rings is 1. The van der Waals surface area contributed by atoms with Crippen LogP contribution in [0.25, 0.3) is 10.2 Å². The summed E-state index contributed by atoms with van der Waals surface area (Å²) in [7, 11) is 1.68. The summed E-state index contributed by atoms with van der Waals surface area (Å²) in [6.45, 7) is 0.666. The van der Waals surface area contributed by atoms with Crippen molar-refractivity contribution in [1.82, 2.24) is 10.3 Å². The highest BCUT2D eigenvalue weighted by atomic mass is 32.1. The van der Waals surface area contributed by atoms with E-state index >= 15 is 0 Å². The number of methoxy groups -OCH3 is 1. The number of nitrogens with one attached hydrogen (secondary N) is 1. The lowest BCUT2D eigenvalue weighted by Gasteiger charge is -2.30. The summed E-state index contributed by atoms with van der Waals surface area (Å²) in [6.07, 6.45) is 4.62. The molecule has 0 aliphatic heterocycles. The van der Waals surface area contributed by atoms with Crippen molar-refractivity contribution in [1.29, 1.82) is 0 Å². The van der Waals surface area contributed by atoms with Crippen molar-refractivity contribution < 1.29 is 9.53 Å². The molecule has 26 heavy (non-hydrogen) atoms. The van der Waals surface area contributed by atoms with Crippen LogP contribution in [0.1, 0.15) is 41.6 Å². The molecule has 0 unspecified atom stereocenters. The molecule has 0 radical (unpaired) electrons. The van der Waals surface area contributed by atoms with Crippen LogP contribution in [0.3, 0.4) is 0 Å². The molecule has 3 aromatic rings. The van der Waals surface area contributed by atoms with E-state index in [0.29, 0.717) is 12.1 Å². The van der Waals surface area contributed by atoms with Crippen LogP contribution in [0.4, 0.5) is 0 Å². The summed E-state index contributed by atoms with van der Waals surface area (Å²) >= 11 is 1.56. The number of amides is 1. The number of fused-ring (bicyclic) bond motifs is 1. The molecule has 1 amide bonds. The van der Waals surface area contributed by atoms with Crippen molar-refractivity contribution in [2.75, 3.05) is 13.7 Å². The summed E-state index contributed by atoms with van der Waals surface area (Å²) in [5.41, 5.74) is 4.76. The van der Waals surface area contributed by atoms with Crippen LogP contribution < -0.4 is 10.1 Å². The normalized spacial score (nSPS) is 15.9. The Morgan fingerprint density at radius 2 is 1.96 bits per heavy atom. The summed E-state index contributed by atoms with van der Waals surface area (Å²) in [5.74, 6) is 0.851. The quantitative estimate of drug-likeness (QED) is 0.721. The third kappa shape index (κ3) is 3.19. The molecule has 4 rings (SSSR count). The largest absolute Gasteiger partial charge is 0.497 e. The Hall–Kier alpha value is -2.40. The fourth-order valence-electron chi connectivity index (χ4n) is 3.91. The first kappa shape index (κ1) is 17.0. The van der Waals surface area contributed by atoms with Gasteiger partial charge in [-0.25, -0.2) is 4.98 Å². The van der Waals surface area contributed by atoms with E-state index in [-0.39, 0.29) is 11.3 Å². The van der Waals surface area contributed by atoms with E-state index < -0.39 is 0 Å². The van der Waals surface area contributed by atoms with E-state index in [0.717, 1.165) is 28.8 Å². The minimum absolute atomic E-state index is 0.0138. The molecule has 4 nitrogen and oxygen atoms in total. The first-order valence-electron chi connectivity index (χ1n) is 8.96. The second-order valence-corrected chi connectivity index (χ2v) is 7.82. The zero-order valence-corrected chi connectivity index (χ0v) is 15.6. The standard InChI is InChI=1S/C21H22N2O2S/c1-25-17-7-5-16(6-8-17)21(10-2-3-11-21)13-22-20(24)15-4-9-18-19(12-15)26-14-23-18/h4-9,12,14H,2-3,10-11,13H2,1H3,(H,22,24). The number of nitrogens with zero attached hydrogens (tertiary/aromatic N) is 1. The number of hydrogen-bond donors (Lipinski definition) is 1. The molecule has 134 valence electrons. The molecule has 1 aromatic heterocycles. The predicted octanol–water partition coefficient (Wildman–Crippen LogP) is 4.55. The molecule has 0 saturated heterocycles. The molecule has 1 saturated carbocycles. The minimum Gasteiger partial charge on any atom is -0.497 e.